The lowest BCUT2D eigenvalue weighted by Crippen LogP contribution is -2.42. The van der Waals surface area contributed by atoms with Crippen LogP contribution in [0, 0.1) is 5.41 Å². The topological polar surface area (TPSA) is 60.4 Å². The predicted octanol–water partition coefficient (Wildman–Crippen LogP) is 1.04. The fraction of sp³-hybridized carbons (Fsp3) is 0.545. The minimum Gasteiger partial charge on any atom is -0.454 e. The summed E-state index contributed by atoms with van der Waals surface area (Å²) < 4.78 is 4.96. The number of carbonyl (C=O) groups excluding carboxylic acids is 3. The van der Waals surface area contributed by atoms with E-state index >= 15 is 0 Å². The zero-order valence-electron chi connectivity index (χ0n) is 9.07. The van der Waals surface area contributed by atoms with E-state index in [2.05, 4.69) is 0 Å². The number of esters is 1. The Hall–Kier alpha value is -1.45. The Morgan fingerprint density at radius 1 is 1.60 bits per heavy atom. The molecule has 15 heavy (non-hydrogen) atoms. The molecule has 82 valence electrons. The molecular formula is C11H14O4. The summed E-state index contributed by atoms with van der Waals surface area (Å²) in [5, 5.41) is 0. The normalized spacial score (nSPS) is 24.3. The smallest absolute Gasteiger partial charge is 0.303 e. The third-order valence-electron chi connectivity index (χ3n) is 2.39. The average molecular weight is 210 g/mol. The molecule has 1 aliphatic rings. The first kappa shape index (κ1) is 11.6. The lowest BCUT2D eigenvalue weighted by Gasteiger charge is -2.34. The molecule has 0 spiro atoms. The van der Waals surface area contributed by atoms with Crippen LogP contribution in [0.3, 0.4) is 0 Å². The number of ether oxygens (including phenoxy) is 1. The highest BCUT2D eigenvalue weighted by Gasteiger charge is 2.40. The zero-order chi connectivity index (χ0) is 11.6. The van der Waals surface area contributed by atoms with Crippen molar-refractivity contribution in [2.75, 3.05) is 0 Å². The van der Waals surface area contributed by atoms with E-state index in [0.717, 1.165) is 0 Å². The van der Waals surface area contributed by atoms with Gasteiger partial charge in [-0.3, -0.25) is 14.4 Å². The second kappa shape index (κ2) is 3.96. The number of hydrogen-bond donors (Lipinski definition) is 0. The number of hydrogen-bond acceptors (Lipinski definition) is 4. The molecule has 0 saturated heterocycles. The van der Waals surface area contributed by atoms with Crippen LogP contribution in [-0.4, -0.2) is 24.1 Å². The summed E-state index contributed by atoms with van der Waals surface area (Å²) in [7, 11) is 0. The monoisotopic (exact) mass is 210 g/mol. The molecule has 0 aromatic rings. The van der Waals surface area contributed by atoms with Crippen LogP contribution in [0.1, 0.15) is 27.2 Å². The molecule has 0 fully saturated rings. The van der Waals surface area contributed by atoms with Crippen LogP contribution in [0.15, 0.2) is 11.6 Å². The Balaban J connectivity index is 2.97. The minimum absolute atomic E-state index is 0.316. The van der Waals surface area contributed by atoms with Crippen LogP contribution in [0.5, 0.6) is 0 Å². The third kappa shape index (κ3) is 2.52. The highest BCUT2D eigenvalue weighted by atomic mass is 16.5. The van der Waals surface area contributed by atoms with Crippen LogP contribution in [-0.2, 0) is 19.1 Å². The van der Waals surface area contributed by atoms with Gasteiger partial charge in [-0.25, -0.2) is 0 Å². The number of aldehydes is 1. The SMILES string of the molecule is CC(=O)OC1C(=O)C=C(C=O)CC1(C)C. The van der Waals surface area contributed by atoms with Crippen LogP contribution in [0.2, 0.25) is 0 Å². The van der Waals surface area contributed by atoms with Crippen LogP contribution >= 0.6 is 0 Å². The van der Waals surface area contributed by atoms with E-state index in [4.69, 9.17) is 4.74 Å². The molecule has 0 N–H and O–H groups in total. The molecule has 0 aromatic carbocycles. The van der Waals surface area contributed by atoms with Crippen molar-refractivity contribution in [3.63, 3.8) is 0 Å². The molecule has 0 heterocycles. The predicted molar refractivity (Wildman–Crippen MR) is 53.1 cm³/mol. The maximum Gasteiger partial charge on any atom is 0.303 e. The lowest BCUT2D eigenvalue weighted by atomic mass is 9.74. The first-order valence-electron chi connectivity index (χ1n) is 4.73. The van der Waals surface area contributed by atoms with Crippen molar-refractivity contribution < 1.29 is 19.1 Å². The first-order chi connectivity index (χ1) is 6.86. The highest BCUT2D eigenvalue weighted by Crippen LogP contribution is 2.35. The number of carbonyl (C=O) groups is 3. The van der Waals surface area contributed by atoms with E-state index in [-0.39, 0.29) is 5.78 Å². The third-order valence-corrected chi connectivity index (χ3v) is 2.39. The van der Waals surface area contributed by atoms with Crippen molar-refractivity contribution >= 4 is 18.0 Å². The van der Waals surface area contributed by atoms with Crippen molar-refractivity contribution in [1.29, 1.82) is 0 Å². The Kier molecular flexibility index (Phi) is 3.07. The standard InChI is InChI=1S/C11H14O4/c1-7(13)15-10-9(14)4-8(6-12)5-11(10,2)3/h4,6,10H,5H2,1-3H3. The fourth-order valence-electron chi connectivity index (χ4n) is 1.77. The van der Waals surface area contributed by atoms with Crippen LogP contribution < -0.4 is 0 Å². The van der Waals surface area contributed by atoms with Gasteiger partial charge < -0.3 is 4.74 Å². The maximum absolute atomic E-state index is 11.6. The molecule has 1 aliphatic carbocycles. The van der Waals surface area contributed by atoms with Crippen molar-refractivity contribution in [3.05, 3.63) is 11.6 Å². The van der Waals surface area contributed by atoms with Crippen molar-refractivity contribution in [2.24, 2.45) is 5.41 Å². The second-order valence-corrected chi connectivity index (χ2v) is 4.39. The zero-order valence-corrected chi connectivity index (χ0v) is 9.07. The molecule has 4 heteroatoms. The summed E-state index contributed by atoms with van der Waals surface area (Å²) in [5.74, 6) is -0.798. The molecule has 4 nitrogen and oxygen atoms in total. The average Bonchev–Trinajstić information content (AvgIpc) is 2.10. The Morgan fingerprint density at radius 3 is 2.60 bits per heavy atom. The van der Waals surface area contributed by atoms with E-state index < -0.39 is 17.5 Å². The quantitative estimate of drug-likeness (QED) is 0.504. The van der Waals surface area contributed by atoms with Crippen molar-refractivity contribution in [3.8, 4) is 0 Å². The second-order valence-electron chi connectivity index (χ2n) is 4.39. The molecule has 0 bridgehead atoms. The van der Waals surface area contributed by atoms with E-state index in [0.29, 0.717) is 18.3 Å². The summed E-state index contributed by atoms with van der Waals surface area (Å²) in [6, 6.07) is 0. The molecule has 0 amide bonds. The number of allylic oxidation sites excluding steroid dienone is 1. The van der Waals surface area contributed by atoms with Gasteiger partial charge in [-0.05, 0) is 18.1 Å². The van der Waals surface area contributed by atoms with Gasteiger partial charge in [-0.2, -0.15) is 0 Å². The van der Waals surface area contributed by atoms with E-state index in [1.807, 2.05) is 0 Å². The van der Waals surface area contributed by atoms with Crippen LogP contribution in [0.25, 0.3) is 0 Å². The summed E-state index contributed by atoms with van der Waals surface area (Å²) in [6.45, 7) is 4.87. The van der Waals surface area contributed by atoms with Gasteiger partial charge >= 0.3 is 5.97 Å². The fourth-order valence-corrected chi connectivity index (χ4v) is 1.77. The lowest BCUT2D eigenvalue weighted by molar-refractivity contribution is -0.159. The first-order valence-corrected chi connectivity index (χ1v) is 4.73. The van der Waals surface area contributed by atoms with Crippen molar-refractivity contribution in [1.82, 2.24) is 0 Å². The molecule has 1 atom stereocenters. The number of ketones is 1. The van der Waals surface area contributed by atoms with Gasteiger partial charge in [0.15, 0.2) is 11.9 Å². The van der Waals surface area contributed by atoms with Crippen molar-refractivity contribution in [2.45, 2.75) is 33.3 Å². The molecule has 0 aromatic heterocycles. The molecule has 0 radical (unpaired) electrons. The molecular weight excluding hydrogens is 196 g/mol. The molecule has 1 unspecified atom stereocenters. The van der Waals surface area contributed by atoms with Gasteiger partial charge in [0.2, 0.25) is 0 Å². The van der Waals surface area contributed by atoms with Crippen LogP contribution in [0.4, 0.5) is 0 Å². The van der Waals surface area contributed by atoms with Gasteiger partial charge in [-0.1, -0.05) is 13.8 Å². The molecule has 1 rings (SSSR count). The maximum atomic E-state index is 11.6. The van der Waals surface area contributed by atoms with E-state index in [1.165, 1.54) is 13.0 Å². The molecule has 0 aliphatic heterocycles. The van der Waals surface area contributed by atoms with Gasteiger partial charge in [0.25, 0.3) is 0 Å². The largest absolute Gasteiger partial charge is 0.454 e. The highest BCUT2D eigenvalue weighted by molar-refractivity contribution is 6.00. The summed E-state index contributed by atoms with van der Waals surface area (Å²) in [6.07, 6.45) is 1.59. The summed E-state index contributed by atoms with van der Waals surface area (Å²) in [5.41, 5.74) is -0.0679. The Labute approximate surface area is 88.3 Å². The number of rotatable bonds is 2. The van der Waals surface area contributed by atoms with E-state index in [1.54, 1.807) is 13.8 Å². The van der Waals surface area contributed by atoms with Gasteiger partial charge in [0.05, 0.1) is 0 Å². The van der Waals surface area contributed by atoms with E-state index in [9.17, 15) is 14.4 Å². The summed E-state index contributed by atoms with van der Waals surface area (Å²) in [4.78, 5) is 33.0. The molecule has 0 saturated carbocycles. The minimum atomic E-state index is -0.779. The summed E-state index contributed by atoms with van der Waals surface area (Å²) >= 11 is 0. The Morgan fingerprint density at radius 2 is 2.20 bits per heavy atom. The van der Waals surface area contributed by atoms with Gasteiger partial charge in [0, 0.05) is 12.3 Å². The van der Waals surface area contributed by atoms with Gasteiger partial charge in [-0.15, -0.1) is 0 Å². The van der Waals surface area contributed by atoms with Gasteiger partial charge in [0.1, 0.15) is 6.29 Å². The Bertz CT molecular complexity index is 338.